The molecule has 0 saturated carbocycles. The van der Waals surface area contributed by atoms with Crippen LogP contribution >= 0.6 is 0 Å². The third-order valence-electron chi connectivity index (χ3n) is 2.45. The Kier molecular flexibility index (Phi) is 2.30. The number of hydrogen-bond donors (Lipinski definition) is 2. The van der Waals surface area contributed by atoms with E-state index in [9.17, 15) is 4.79 Å². The van der Waals surface area contributed by atoms with Crippen molar-refractivity contribution in [2.75, 3.05) is 17.2 Å². The molecule has 1 aromatic carbocycles. The Balaban J connectivity index is 2.39. The molecule has 2 rings (SSSR count). The van der Waals surface area contributed by atoms with E-state index in [0.717, 1.165) is 11.4 Å². The Morgan fingerprint density at radius 3 is 3.00 bits per heavy atom. The van der Waals surface area contributed by atoms with Crippen molar-refractivity contribution < 1.29 is 4.79 Å². The molecule has 1 unspecified atom stereocenters. The largest absolute Gasteiger partial charge is 0.383 e. The van der Waals surface area contributed by atoms with Gasteiger partial charge in [0.05, 0.1) is 28.9 Å². The Labute approximate surface area is 87.9 Å². The van der Waals surface area contributed by atoms with Crippen LogP contribution in [0.15, 0.2) is 18.2 Å². The molecular weight excluding hydrogens is 190 g/mol. The van der Waals surface area contributed by atoms with Gasteiger partial charge < -0.3 is 10.6 Å². The summed E-state index contributed by atoms with van der Waals surface area (Å²) in [5, 5.41) is 14.7. The van der Waals surface area contributed by atoms with Gasteiger partial charge in [0, 0.05) is 6.54 Å². The van der Waals surface area contributed by atoms with Crippen LogP contribution < -0.4 is 10.6 Å². The van der Waals surface area contributed by atoms with Gasteiger partial charge in [0.25, 0.3) is 0 Å². The molecule has 1 atom stereocenters. The van der Waals surface area contributed by atoms with E-state index in [1.54, 1.807) is 18.2 Å². The van der Waals surface area contributed by atoms with Gasteiger partial charge in [-0.05, 0) is 18.2 Å². The number of benzene rings is 1. The van der Waals surface area contributed by atoms with Gasteiger partial charge in [-0.3, -0.25) is 4.79 Å². The summed E-state index contributed by atoms with van der Waals surface area (Å²) in [4.78, 5) is 11.5. The van der Waals surface area contributed by atoms with Crippen LogP contribution in [0.3, 0.4) is 0 Å². The summed E-state index contributed by atoms with van der Waals surface area (Å²) in [6.45, 7) is 2.45. The predicted octanol–water partition coefficient (Wildman–Crippen LogP) is 1.56. The first-order valence-corrected chi connectivity index (χ1v) is 4.79. The maximum Gasteiger partial charge on any atom is 0.229 e. The van der Waals surface area contributed by atoms with Crippen LogP contribution in [-0.2, 0) is 4.79 Å². The third kappa shape index (κ3) is 1.77. The Morgan fingerprint density at radius 2 is 2.27 bits per heavy atom. The lowest BCUT2D eigenvalue weighted by Crippen LogP contribution is -2.22. The highest BCUT2D eigenvalue weighted by atomic mass is 16.1. The van der Waals surface area contributed by atoms with Gasteiger partial charge in [-0.1, -0.05) is 6.92 Å². The Bertz CT molecular complexity index is 448. The zero-order chi connectivity index (χ0) is 10.8. The van der Waals surface area contributed by atoms with Crippen molar-refractivity contribution in [2.45, 2.75) is 6.92 Å². The van der Waals surface area contributed by atoms with Gasteiger partial charge in [0.2, 0.25) is 5.91 Å². The van der Waals surface area contributed by atoms with E-state index in [4.69, 9.17) is 5.26 Å². The van der Waals surface area contributed by atoms with Gasteiger partial charge in [-0.25, -0.2) is 0 Å². The lowest BCUT2D eigenvalue weighted by Gasteiger charge is -2.06. The molecule has 76 valence electrons. The van der Waals surface area contributed by atoms with Crippen molar-refractivity contribution in [3.63, 3.8) is 0 Å². The molecule has 1 aliphatic heterocycles. The second-order valence-electron chi connectivity index (χ2n) is 3.64. The van der Waals surface area contributed by atoms with E-state index in [-0.39, 0.29) is 11.8 Å². The minimum absolute atomic E-state index is 0.00552. The van der Waals surface area contributed by atoms with Crippen molar-refractivity contribution in [2.24, 2.45) is 5.92 Å². The van der Waals surface area contributed by atoms with Gasteiger partial charge in [-0.15, -0.1) is 0 Å². The molecule has 1 amide bonds. The number of amides is 1. The van der Waals surface area contributed by atoms with Crippen molar-refractivity contribution >= 4 is 17.3 Å². The molecular formula is C11H11N3O. The van der Waals surface area contributed by atoms with Crippen LogP contribution in [-0.4, -0.2) is 12.5 Å². The number of nitrogens with zero attached hydrogens (tertiary/aromatic N) is 1. The number of carbonyl (C=O) groups excluding carboxylic acids is 1. The molecule has 0 bridgehead atoms. The second-order valence-corrected chi connectivity index (χ2v) is 3.64. The standard InChI is InChI=1S/C11H11N3O/c1-7-6-13-10-4-8(5-12)2-3-9(10)14-11(7)15/h2-4,7,13H,6H2,1H3,(H,14,15). The molecule has 0 spiro atoms. The molecule has 2 N–H and O–H groups in total. The first-order valence-electron chi connectivity index (χ1n) is 4.79. The van der Waals surface area contributed by atoms with Crippen molar-refractivity contribution in [3.05, 3.63) is 23.8 Å². The Morgan fingerprint density at radius 1 is 1.47 bits per heavy atom. The highest BCUT2D eigenvalue weighted by Crippen LogP contribution is 2.26. The maximum absolute atomic E-state index is 11.5. The van der Waals surface area contributed by atoms with Crippen LogP contribution in [0, 0.1) is 17.2 Å². The first kappa shape index (κ1) is 9.53. The SMILES string of the molecule is CC1CNc2cc(C#N)ccc2NC1=O. The molecule has 4 heteroatoms. The number of anilines is 2. The summed E-state index contributed by atoms with van der Waals surface area (Å²) >= 11 is 0. The molecule has 1 aliphatic rings. The van der Waals surface area contributed by atoms with Crippen LogP contribution in [0.2, 0.25) is 0 Å². The second kappa shape index (κ2) is 3.62. The normalized spacial score (nSPS) is 19.2. The first-order chi connectivity index (χ1) is 7.20. The van der Waals surface area contributed by atoms with E-state index < -0.39 is 0 Å². The molecule has 0 radical (unpaired) electrons. The summed E-state index contributed by atoms with van der Waals surface area (Å²) in [5.74, 6) is -0.0612. The van der Waals surface area contributed by atoms with Crippen LogP contribution in [0.5, 0.6) is 0 Å². The summed E-state index contributed by atoms with van der Waals surface area (Å²) in [7, 11) is 0. The van der Waals surface area contributed by atoms with Gasteiger partial charge >= 0.3 is 0 Å². The van der Waals surface area contributed by atoms with E-state index in [2.05, 4.69) is 16.7 Å². The fourth-order valence-corrected chi connectivity index (χ4v) is 1.48. The van der Waals surface area contributed by atoms with Crippen molar-refractivity contribution in [1.82, 2.24) is 0 Å². The molecule has 15 heavy (non-hydrogen) atoms. The van der Waals surface area contributed by atoms with Gasteiger partial charge in [0.1, 0.15) is 0 Å². The van der Waals surface area contributed by atoms with E-state index in [0.29, 0.717) is 12.1 Å². The monoisotopic (exact) mass is 201 g/mol. The van der Waals surface area contributed by atoms with E-state index in [1.165, 1.54) is 0 Å². The molecule has 0 fully saturated rings. The summed E-state index contributed by atoms with van der Waals surface area (Å²) in [6, 6.07) is 7.25. The minimum Gasteiger partial charge on any atom is -0.383 e. The summed E-state index contributed by atoms with van der Waals surface area (Å²) in [5.41, 5.74) is 2.14. The zero-order valence-corrected chi connectivity index (χ0v) is 8.37. The molecule has 1 heterocycles. The van der Waals surface area contributed by atoms with E-state index in [1.807, 2.05) is 6.92 Å². The number of rotatable bonds is 0. The average Bonchev–Trinajstić information content (AvgIpc) is 2.39. The summed E-state index contributed by atoms with van der Waals surface area (Å²) < 4.78 is 0. The molecule has 1 aromatic rings. The van der Waals surface area contributed by atoms with E-state index >= 15 is 0 Å². The van der Waals surface area contributed by atoms with Crippen LogP contribution in [0.1, 0.15) is 12.5 Å². The fraction of sp³-hybridized carbons (Fsp3) is 0.273. The molecule has 4 nitrogen and oxygen atoms in total. The Hall–Kier alpha value is -2.02. The number of fused-ring (bicyclic) bond motifs is 1. The number of carbonyl (C=O) groups is 1. The number of nitrogens with one attached hydrogen (secondary N) is 2. The fourth-order valence-electron chi connectivity index (χ4n) is 1.48. The quantitative estimate of drug-likeness (QED) is 0.669. The van der Waals surface area contributed by atoms with Crippen LogP contribution in [0.25, 0.3) is 0 Å². The molecule has 0 saturated heterocycles. The lowest BCUT2D eigenvalue weighted by atomic mass is 10.2. The zero-order valence-electron chi connectivity index (χ0n) is 8.37. The third-order valence-corrected chi connectivity index (χ3v) is 2.45. The van der Waals surface area contributed by atoms with Gasteiger partial charge in [0.15, 0.2) is 0 Å². The smallest absolute Gasteiger partial charge is 0.229 e. The highest BCUT2D eigenvalue weighted by molar-refractivity contribution is 5.97. The molecule has 0 aliphatic carbocycles. The predicted molar refractivity (Wildman–Crippen MR) is 57.4 cm³/mol. The number of nitriles is 1. The van der Waals surface area contributed by atoms with Crippen molar-refractivity contribution in [1.29, 1.82) is 5.26 Å². The minimum atomic E-state index is -0.0667. The number of hydrogen-bond acceptors (Lipinski definition) is 3. The maximum atomic E-state index is 11.5. The molecule has 0 aromatic heterocycles. The van der Waals surface area contributed by atoms with Gasteiger partial charge in [-0.2, -0.15) is 5.26 Å². The van der Waals surface area contributed by atoms with Crippen molar-refractivity contribution in [3.8, 4) is 6.07 Å². The highest BCUT2D eigenvalue weighted by Gasteiger charge is 2.18. The lowest BCUT2D eigenvalue weighted by molar-refractivity contribution is -0.118. The average molecular weight is 201 g/mol. The van der Waals surface area contributed by atoms with Crippen LogP contribution in [0.4, 0.5) is 11.4 Å². The summed E-state index contributed by atoms with van der Waals surface area (Å²) in [6.07, 6.45) is 0. The topological polar surface area (TPSA) is 64.9 Å².